The van der Waals surface area contributed by atoms with Crippen LogP contribution in [0.4, 0.5) is 17.1 Å². The Morgan fingerprint density at radius 3 is 2.69 bits per heavy atom. The highest BCUT2D eigenvalue weighted by atomic mass is 35.5. The van der Waals surface area contributed by atoms with Crippen LogP contribution >= 0.6 is 11.6 Å². The fraction of sp³-hybridized carbons (Fsp3) is 0.375. The first-order chi connectivity index (χ1) is 16.7. The minimum absolute atomic E-state index is 0.0108. The molecule has 3 saturated heterocycles. The number of anilines is 2. The molecule has 0 unspecified atom stereocenters. The number of rotatable bonds is 3. The SMILES string of the molecule is COc1ccc([N+](=O)[O-])cc1N1C(=O)[C@H]2[C@@H](C1=O)[C@]1(C(=O)Nc3c1ccc(Cl)c3C)N1CCC[C@@H]21. The number of fused-ring (bicyclic) bond motifs is 7. The zero-order chi connectivity index (χ0) is 24.8. The zero-order valence-electron chi connectivity index (χ0n) is 18.9. The first kappa shape index (κ1) is 22.0. The molecule has 11 heteroatoms. The van der Waals surface area contributed by atoms with Gasteiger partial charge in [-0.15, -0.1) is 0 Å². The minimum atomic E-state index is -1.36. The van der Waals surface area contributed by atoms with Crippen LogP contribution in [0.15, 0.2) is 30.3 Å². The Labute approximate surface area is 204 Å². The molecule has 1 spiro atoms. The number of carbonyl (C=O) groups excluding carboxylic acids is 3. The topological polar surface area (TPSA) is 122 Å². The Bertz CT molecular complexity index is 1360. The first-order valence-corrected chi connectivity index (χ1v) is 11.7. The van der Waals surface area contributed by atoms with Gasteiger partial charge in [0.15, 0.2) is 0 Å². The molecule has 0 saturated carbocycles. The van der Waals surface area contributed by atoms with E-state index in [9.17, 15) is 24.5 Å². The summed E-state index contributed by atoms with van der Waals surface area (Å²) >= 11 is 6.32. The summed E-state index contributed by atoms with van der Waals surface area (Å²) in [6, 6.07) is 6.94. The summed E-state index contributed by atoms with van der Waals surface area (Å²) in [6.07, 6.45) is 1.45. The lowest BCUT2D eigenvalue weighted by molar-refractivity contribution is -0.384. The number of nitro benzene ring substituents is 1. The average molecular weight is 497 g/mol. The maximum atomic E-state index is 14.1. The summed E-state index contributed by atoms with van der Waals surface area (Å²) in [5, 5.41) is 14.9. The van der Waals surface area contributed by atoms with Crippen LogP contribution < -0.4 is 15.0 Å². The lowest BCUT2D eigenvalue weighted by atomic mass is 9.75. The van der Waals surface area contributed by atoms with Crippen molar-refractivity contribution in [1.29, 1.82) is 0 Å². The van der Waals surface area contributed by atoms with E-state index in [1.54, 1.807) is 19.1 Å². The van der Waals surface area contributed by atoms with E-state index in [4.69, 9.17) is 16.3 Å². The molecule has 0 bridgehead atoms. The standard InChI is InChI=1S/C24H21ClN4O6/c1-11-14(25)7-6-13-20(11)26-23(32)24(13)19-18(15-4-3-9-27(15)24)21(30)28(22(19)31)16-10-12(29(33)34)5-8-17(16)35-2/h5-8,10,15,18-19H,3-4,9H2,1-2H3,(H,26,32)/t15-,18+,19-,24+/m0/s1. The molecule has 4 heterocycles. The monoisotopic (exact) mass is 496 g/mol. The highest BCUT2D eigenvalue weighted by molar-refractivity contribution is 6.32. The van der Waals surface area contributed by atoms with E-state index in [1.807, 2.05) is 4.90 Å². The predicted molar refractivity (Wildman–Crippen MR) is 125 cm³/mol. The number of non-ortho nitro benzene ring substituents is 1. The molecular weight excluding hydrogens is 476 g/mol. The van der Waals surface area contributed by atoms with Gasteiger partial charge in [0.25, 0.3) is 5.69 Å². The van der Waals surface area contributed by atoms with Crippen molar-refractivity contribution in [3.05, 3.63) is 56.6 Å². The van der Waals surface area contributed by atoms with Crippen molar-refractivity contribution in [3.63, 3.8) is 0 Å². The van der Waals surface area contributed by atoms with Crippen LogP contribution in [-0.4, -0.2) is 47.2 Å². The number of nitrogens with one attached hydrogen (secondary N) is 1. The molecule has 3 fully saturated rings. The Morgan fingerprint density at radius 1 is 1.20 bits per heavy atom. The molecule has 0 aliphatic carbocycles. The lowest BCUT2D eigenvalue weighted by Crippen LogP contribution is -2.54. The Morgan fingerprint density at radius 2 is 1.97 bits per heavy atom. The predicted octanol–water partition coefficient (Wildman–Crippen LogP) is 3.00. The van der Waals surface area contributed by atoms with Crippen molar-refractivity contribution in [2.75, 3.05) is 23.9 Å². The van der Waals surface area contributed by atoms with Crippen molar-refractivity contribution in [3.8, 4) is 5.75 Å². The quantitative estimate of drug-likeness (QED) is 0.393. The molecule has 180 valence electrons. The molecule has 1 N–H and O–H groups in total. The van der Waals surface area contributed by atoms with Gasteiger partial charge in [-0.3, -0.25) is 29.4 Å². The molecule has 4 aliphatic heterocycles. The van der Waals surface area contributed by atoms with E-state index >= 15 is 0 Å². The third-order valence-corrected chi connectivity index (χ3v) is 8.39. The second-order valence-electron chi connectivity index (χ2n) is 9.35. The van der Waals surface area contributed by atoms with Crippen LogP contribution in [0, 0.1) is 28.9 Å². The Hall–Kier alpha value is -3.50. The first-order valence-electron chi connectivity index (χ1n) is 11.3. The summed E-state index contributed by atoms with van der Waals surface area (Å²) in [6.45, 7) is 2.38. The van der Waals surface area contributed by atoms with Crippen molar-refractivity contribution < 1.29 is 24.0 Å². The second-order valence-corrected chi connectivity index (χ2v) is 9.75. The number of halogens is 1. The number of nitro groups is 1. The number of hydrogen-bond donors (Lipinski definition) is 1. The summed E-state index contributed by atoms with van der Waals surface area (Å²) < 4.78 is 5.35. The maximum absolute atomic E-state index is 14.1. The van der Waals surface area contributed by atoms with E-state index in [1.165, 1.54) is 25.3 Å². The Balaban J connectivity index is 1.56. The van der Waals surface area contributed by atoms with Crippen molar-refractivity contribution in [2.45, 2.75) is 31.3 Å². The number of carbonyl (C=O) groups is 3. The van der Waals surface area contributed by atoms with E-state index in [0.717, 1.165) is 11.3 Å². The summed E-state index contributed by atoms with van der Waals surface area (Å²) in [5.41, 5.74) is 0.286. The molecule has 2 aromatic rings. The third kappa shape index (κ3) is 2.55. The second kappa shape index (κ2) is 7.25. The van der Waals surface area contributed by atoms with Crippen molar-refractivity contribution in [1.82, 2.24) is 4.90 Å². The zero-order valence-corrected chi connectivity index (χ0v) is 19.7. The molecule has 4 aliphatic rings. The van der Waals surface area contributed by atoms with Gasteiger partial charge in [-0.25, -0.2) is 4.90 Å². The van der Waals surface area contributed by atoms with Crippen molar-refractivity contribution in [2.24, 2.45) is 11.8 Å². The van der Waals surface area contributed by atoms with Gasteiger partial charge in [0, 0.05) is 28.8 Å². The van der Waals surface area contributed by atoms with Gasteiger partial charge in [0.2, 0.25) is 17.7 Å². The van der Waals surface area contributed by atoms with Crippen LogP contribution in [0.3, 0.4) is 0 Å². The van der Waals surface area contributed by atoms with E-state index < -0.39 is 34.1 Å². The lowest BCUT2D eigenvalue weighted by Gasteiger charge is -2.36. The molecule has 35 heavy (non-hydrogen) atoms. The van der Waals surface area contributed by atoms with Gasteiger partial charge < -0.3 is 10.1 Å². The van der Waals surface area contributed by atoms with Gasteiger partial charge in [-0.2, -0.15) is 0 Å². The molecular formula is C24H21ClN4O6. The number of ether oxygens (including phenoxy) is 1. The van der Waals surface area contributed by atoms with Gasteiger partial charge in [0.1, 0.15) is 17.0 Å². The van der Waals surface area contributed by atoms with Crippen LogP contribution in [-0.2, 0) is 19.9 Å². The number of imide groups is 1. The van der Waals surface area contributed by atoms with Crippen LogP contribution in [0.5, 0.6) is 5.75 Å². The highest BCUT2D eigenvalue weighted by Gasteiger charge is 2.75. The van der Waals surface area contributed by atoms with Gasteiger partial charge in [0.05, 0.1) is 29.6 Å². The van der Waals surface area contributed by atoms with E-state index in [2.05, 4.69) is 5.32 Å². The number of hydrogen-bond acceptors (Lipinski definition) is 7. The van der Waals surface area contributed by atoms with E-state index in [0.29, 0.717) is 34.8 Å². The highest BCUT2D eigenvalue weighted by Crippen LogP contribution is 2.61. The number of nitrogens with zero attached hydrogens (tertiary/aromatic N) is 3. The van der Waals surface area contributed by atoms with Crippen LogP contribution in [0.1, 0.15) is 24.0 Å². The largest absolute Gasteiger partial charge is 0.495 e. The third-order valence-electron chi connectivity index (χ3n) is 7.98. The summed E-state index contributed by atoms with van der Waals surface area (Å²) in [4.78, 5) is 55.6. The molecule has 3 amide bonds. The summed E-state index contributed by atoms with van der Waals surface area (Å²) in [5.74, 6) is -2.98. The summed E-state index contributed by atoms with van der Waals surface area (Å²) in [7, 11) is 1.36. The van der Waals surface area contributed by atoms with Crippen LogP contribution in [0.25, 0.3) is 0 Å². The fourth-order valence-electron chi connectivity index (χ4n) is 6.59. The Kier molecular flexibility index (Phi) is 4.56. The molecule has 4 atom stereocenters. The van der Waals surface area contributed by atoms with Gasteiger partial charge in [-0.1, -0.05) is 17.7 Å². The maximum Gasteiger partial charge on any atom is 0.271 e. The van der Waals surface area contributed by atoms with E-state index in [-0.39, 0.29) is 29.1 Å². The average Bonchev–Trinajstić information content (AvgIpc) is 3.54. The number of amides is 3. The van der Waals surface area contributed by atoms with Gasteiger partial charge in [-0.05, 0) is 44.0 Å². The minimum Gasteiger partial charge on any atom is -0.495 e. The molecule has 0 radical (unpaired) electrons. The molecule has 10 nitrogen and oxygen atoms in total. The number of methoxy groups -OCH3 is 1. The number of benzene rings is 2. The van der Waals surface area contributed by atoms with Crippen LogP contribution in [0.2, 0.25) is 5.02 Å². The smallest absolute Gasteiger partial charge is 0.271 e. The fourth-order valence-corrected chi connectivity index (χ4v) is 6.75. The normalized spacial score (nSPS) is 28.9. The van der Waals surface area contributed by atoms with Crippen molar-refractivity contribution >= 4 is 46.4 Å². The van der Waals surface area contributed by atoms with Gasteiger partial charge >= 0.3 is 0 Å². The molecule has 6 rings (SSSR count). The molecule has 0 aromatic heterocycles. The molecule has 2 aromatic carbocycles.